The van der Waals surface area contributed by atoms with Crippen molar-refractivity contribution in [1.29, 1.82) is 0 Å². The van der Waals surface area contributed by atoms with Crippen molar-refractivity contribution in [2.75, 3.05) is 36.5 Å². The molecule has 5 nitrogen and oxygen atoms in total. The predicted molar refractivity (Wildman–Crippen MR) is 138 cm³/mol. The normalized spacial score (nSPS) is 20.0. The molecule has 2 heterocycles. The summed E-state index contributed by atoms with van der Waals surface area (Å²) in [5.74, 6) is 0.121. The van der Waals surface area contributed by atoms with Crippen molar-refractivity contribution in [3.05, 3.63) is 89.5 Å². The number of nitrogens with zero attached hydrogens (tertiary/aromatic N) is 2. The molecule has 3 unspecified atom stereocenters. The minimum atomic E-state index is -4.43. The zero-order valence-corrected chi connectivity index (χ0v) is 20.8. The van der Waals surface area contributed by atoms with E-state index in [0.717, 1.165) is 28.8 Å². The molecule has 1 saturated heterocycles. The van der Waals surface area contributed by atoms with Crippen molar-refractivity contribution in [2.45, 2.75) is 31.6 Å². The highest BCUT2D eigenvalue weighted by Crippen LogP contribution is 2.40. The molecule has 5 rings (SSSR count). The fourth-order valence-electron chi connectivity index (χ4n) is 5.47. The van der Waals surface area contributed by atoms with E-state index in [0.29, 0.717) is 25.2 Å². The van der Waals surface area contributed by atoms with Crippen molar-refractivity contribution in [2.24, 2.45) is 5.92 Å². The van der Waals surface area contributed by atoms with E-state index in [1.165, 1.54) is 6.07 Å². The van der Waals surface area contributed by atoms with Crippen LogP contribution in [0.5, 0.6) is 5.75 Å². The fourth-order valence-corrected chi connectivity index (χ4v) is 5.47. The molecular formula is C29H30F3N3O2. The number of ether oxygens (including phenoxy) is 1. The SMILES string of the molecule is COc1ccc(N2CCN3c4ccc(C(F)(F)F)cc4CC(C(=O)NC(C)c4ccccc4)C3C2)cc1. The van der Waals surface area contributed by atoms with E-state index in [-0.39, 0.29) is 24.4 Å². The van der Waals surface area contributed by atoms with E-state index < -0.39 is 17.7 Å². The van der Waals surface area contributed by atoms with E-state index in [1.54, 1.807) is 13.2 Å². The lowest BCUT2D eigenvalue weighted by Crippen LogP contribution is -2.61. The molecule has 1 amide bonds. The minimum absolute atomic E-state index is 0.147. The standard InChI is InChI=1S/C29H30F3N3O2/c1-19(20-6-4-3-5-7-20)33-28(36)25-17-21-16-22(29(30,31)32)8-13-26(21)35-15-14-34(18-27(25)35)23-9-11-24(37-2)12-10-23/h3-13,16,19,25,27H,14-15,17-18H2,1-2H3,(H,33,36). The Balaban J connectivity index is 1.45. The number of hydrogen-bond acceptors (Lipinski definition) is 4. The Kier molecular flexibility index (Phi) is 6.75. The number of methoxy groups -OCH3 is 1. The fraction of sp³-hybridized carbons (Fsp3) is 0.345. The van der Waals surface area contributed by atoms with Crippen molar-refractivity contribution in [3.8, 4) is 5.75 Å². The zero-order valence-electron chi connectivity index (χ0n) is 20.8. The molecule has 0 saturated carbocycles. The van der Waals surface area contributed by atoms with E-state index in [4.69, 9.17) is 4.74 Å². The number of halogens is 3. The largest absolute Gasteiger partial charge is 0.497 e. The molecule has 0 aliphatic carbocycles. The monoisotopic (exact) mass is 509 g/mol. The highest BCUT2D eigenvalue weighted by atomic mass is 19.4. The average Bonchev–Trinajstić information content (AvgIpc) is 2.92. The van der Waals surface area contributed by atoms with Gasteiger partial charge in [-0.3, -0.25) is 4.79 Å². The lowest BCUT2D eigenvalue weighted by atomic mass is 9.82. The lowest BCUT2D eigenvalue weighted by Gasteiger charge is -2.50. The van der Waals surface area contributed by atoms with Gasteiger partial charge in [0.25, 0.3) is 0 Å². The van der Waals surface area contributed by atoms with Crippen LogP contribution in [0.2, 0.25) is 0 Å². The van der Waals surface area contributed by atoms with E-state index in [1.807, 2.05) is 61.5 Å². The first-order chi connectivity index (χ1) is 17.7. The molecule has 0 aromatic heterocycles. The molecule has 37 heavy (non-hydrogen) atoms. The Morgan fingerprint density at radius 3 is 2.43 bits per heavy atom. The summed E-state index contributed by atoms with van der Waals surface area (Å²) in [7, 11) is 1.62. The summed E-state index contributed by atoms with van der Waals surface area (Å²) in [6, 6.07) is 21.0. The Morgan fingerprint density at radius 1 is 1.03 bits per heavy atom. The number of alkyl halides is 3. The first-order valence-electron chi connectivity index (χ1n) is 12.5. The molecule has 2 aliphatic heterocycles. The van der Waals surface area contributed by atoms with Crippen LogP contribution >= 0.6 is 0 Å². The Hall–Kier alpha value is -3.68. The summed E-state index contributed by atoms with van der Waals surface area (Å²) >= 11 is 0. The van der Waals surface area contributed by atoms with Crippen LogP contribution in [-0.2, 0) is 17.4 Å². The molecule has 1 N–H and O–H groups in total. The van der Waals surface area contributed by atoms with Crippen LogP contribution in [0, 0.1) is 5.92 Å². The van der Waals surface area contributed by atoms with Crippen LogP contribution in [0.4, 0.5) is 24.5 Å². The summed E-state index contributed by atoms with van der Waals surface area (Å²) < 4.78 is 45.7. The Morgan fingerprint density at radius 2 is 1.76 bits per heavy atom. The smallest absolute Gasteiger partial charge is 0.416 e. The van der Waals surface area contributed by atoms with Gasteiger partial charge < -0.3 is 19.9 Å². The summed E-state index contributed by atoms with van der Waals surface area (Å²) in [4.78, 5) is 18.0. The molecule has 3 atom stereocenters. The van der Waals surface area contributed by atoms with Gasteiger partial charge in [-0.25, -0.2) is 0 Å². The van der Waals surface area contributed by atoms with Gasteiger partial charge in [0.05, 0.1) is 30.7 Å². The predicted octanol–water partition coefficient (Wildman–Crippen LogP) is 5.46. The van der Waals surface area contributed by atoms with Gasteiger partial charge in [0.15, 0.2) is 0 Å². The number of amides is 1. The number of hydrogen-bond donors (Lipinski definition) is 1. The molecule has 3 aromatic rings. The van der Waals surface area contributed by atoms with E-state index >= 15 is 0 Å². The van der Waals surface area contributed by atoms with Crippen molar-refractivity contribution >= 4 is 17.3 Å². The maximum absolute atomic E-state index is 13.7. The molecule has 0 bridgehead atoms. The molecule has 8 heteroatoms. The maximum Gasteiger partial charge on any atom is 0.416 e. The summed E-state index contributed by atoms with van der Waals surface area (Å²) in [5.41, 5.74) is 2.67. The second-order valence-electron chi connectivity index (χ2n) is 9.70. The third-order valence-electron chi connectivity index (χ3n) is 7.47. The van der Waals surface area contributed by atoms with Gasteiger partial charge in [0, 0.05) is 31.0 Å². The van der Waals surface area contributed by atoms with Gasteiger partial charge in [0.1, 0.15) is 5.75 Å². The summed E-state index contributed by atoms with van der Waals surface area (Å²) in [6.07, 6.45) is -4.18. The van der Waals surface area contributed by atoms with Crippen LogP contribution < -0.4 is 19.9 Å². The molecule has 0 spiro atoms. The van der Waals surface area contributed by atoms with E-state index in [9.17, 15) is 18.0 Å². The number of carbonyl (C=O) groups is 1. The Bertz CT molecular complexity index is 1250. The first kappa shape index (κ1) is 25.0. The number of rotatable bonds is 5. The second-order valence-corrected chi connectivity index (χ2v) is 9.70. The number of benzene rings is 3. The van der Waals surface area contributed by atoms with Gasteiger partial charge in [-0.2, -0.15) is 13.2 Å². The summed E-state index contributed by atoms with van der Waals surface area (Å²) in [6.45, 7) is 3.81. The third kappa shape index (κ3) is 5.10. The summed E-state index contributed by atoms with van der Waals surface area (Å²) in [5, 5.41) is 3.12. The number of anilines is 2. The lowest BCUT2D eigenvalue weighted by molar-refractivity contribution is -0.137. The van der Waals surface area contributed by atoms with Crippen molar-refractivity contribution in [1.82, 2.24) is 5.32 Å². The quantitative estimate of drug-likeness (QED) is 0.496. The maximum atomic E-state index is 13.7. The topological polar surface area (TPSA) is 44.8 Å². The van der Waals surface area contributed by atoms with Crippen LogP contribution in [0.15, 0.2) is 72.8 Å². The van der Waals surface area contributed by atoms with Crippen LogP contribution in [0.3, 0.4) is 0 Å². The molecule has 194 valence electrons. The van der Waals surface area contributed by atoms with Crippen LogP contribution in [0.1, 0.15) is 29.7 Å². The number of carbonyl (C=O) groups excluding carboxylic acids is 1. The van der Waals surface area contributed by atoms with Crippen LogP contribution in [-0.4, -0.2) is 38.7 Å². The van der Waals surface area contributed by atoms with E-state index in [2.05, 4.69) is 15.1 Å². The number of nitrogens with one attached hydrogen (secondary N) is 1. The van der Waals surface area contributed by atoms with Gasteiger partial charge in [0.2, 0.25) is 5.91 Å². The van der Waals surface area contributed by atoms with Crippen LogP contribution in [0.25, 0.3) is 0 Å². The molecule has 3 aromatic carbocycles. The van der Waals surface area contributed by atoms with Crippen molar-refractivity contribution in [3.63, 3.8) is 0 Å². The molecule has 0 radical (unpaired) electrons. The highest BCUT2D eigenvalue weighted by Gasteiger charge is 2.43. The van der Waals surface area contributed by atoms with Crippen molar-refractivity contribution < 1.29 is 22.7 Å². The third-order valence-corrected chi connectivity index (χ3v) is 7.47. The highest BCUT2D eigenvalue weighted by molar-refractivity contribution is 5.83. The minimum Gasteiger partial charge on any atom is -0.497 e. The molecule has 1 fully saturated rings. The molecule has 2 aliphatic rings. The number of fused-ring (bicyclic) bond motifs is 3. The zero-order chi connectivity index (χ0) is 26.2. The number of piperazine rings is 1. The van der Waals surface area contributed by atoms with Gasteiger partial charge in [-0.05, 0) is 66.9 Å². The molecular weight excluding hydrogens is 479 g/mol. The first-order valence-corrected chi connectivity index (χ1v) is 12.5. The van der Waals surface area contributed by atoms with Gasteiger partial charge in [-0.15, -0.1) is 0 Å². The van der Waals surface area contributed by atoms with Gasteiger partial charge >= 0.3 is 6.18 Å². The van der Waals surface area contributed by atoms with Gasteiger partial charge in [-0.1, -0.05) is 30.3 Å². The average molecular weight is 510 g/mol. The Labute approximate surface area is 214 Å². The second kappa shape index (κ2) is 10.00.